The van der Waals surface area contributed by atoms with Crippen LogP contribution in [-0.4, -0.2) is 57.1 Å². The Balaban J connectivity index is 1.91. The molecule has 1 N–H and O–H groups in total. The number of nitrogens with one attached hydrogen (secondary N) is 1. The van der Waals surface area contributed by atoms with Gasteiger partial charge in [-0.05, 0) is 39.0 Å². The lowest BCUT2D eigenvalue weighted by Gasteiger charge is -2.33. The summed E-state index contributed by atoms with van der Waals surface area (Å²) in [6, 6.07) is 0. The first-order chi connectivity index (χ1) is 12.3. The van der Waals surface area contributed by atoms with E-state index in [0.29, 0.717) is 50.5 Å². The van der Waals surface area contributed by atoms with Crippen LogP contribution in [0.2, 0.25) is 0 Å². The van der Waals surface area contributed by atoms with Gasteiger partial charge in [-0.1, -0.05) is 12.1 Å². The standard InChI is InChI=1S/C17H29N3O5S/c1-12(17(21)18-8-5-11-24-4)15-6-9-20(10-7-15)26(22,23)16-13(2)19-25-14(16)3/h12,15H,5-11H2,1-4H3,(H,18,21)/t12-/m1/s1. The predicted molar refractivity (Wildman–Crippen MR) is 96.1 cm³/mol. The minimum atomic E-state index is -3.61. The lowest BCUT2D eigenvalue weighted by Crippen LogP contribution is -2.43. The van der Waals surface area contributed by atoms with Crippen LogP contribution in [0.5, 0.6) is 0 Å². The Kier molecular flexibility index (Phi) is 7.19. The molecule has 2 rings (SSSR count). The number of rotatable bonds is 8. The van der Waals surface area contributed by atoms with E-state index in [4.69, 9.17) is 9.26 Å². The van der Waals surface area contributed by atoms with Gasteiger partial charge in [-0.3, -0.25) is 4.79 Å². The first-order valence-corrected chi connectivity index (χ1v) is 10.4. The molecule has 1 aromatic rings. The predicted octanol–water partition coefficient (Wildman–Crippen LogP) is 1.48. The third kappa shape index (κ3) is 4.63. The van der Waals surface area contributed by atoms with Crippen molar-refractivity contribution in [2.45, 2.75) is 44.9 Å². The van der Waals surface area contributed by atoms with Gasteiger partial charge in [0.1, 0.15) is 10.6 Å². The van der Waals surface area contributed by atoms with E-state index in [1.165, 1.54) is 4.31 Å². The van der Waals surface area contributed by atoms with E-state index in [1.54, 1.807) is 21.0 Å². The van der Waals surface area contributed by atoms with Crippen molar-refractivity contribution in [2.75, 3.05) is 33.4 Å². The molecule has 1 fully saturated rings. The molecule has 9 heteroatoms. The molecule has 26 heavy (non-hydrogen) atoms. The van der Waals surface area contributed by atoms with Gasteiger partial charge >= 0.3 is 0 Å². The van der Waals surface area contributed by atoms with Gasteiger partial charge in [0.2, 0.25) is 15.9 Å². The minimum Gasteiger partial charge on any atom is -0.385 e. The molecule has 8 nitrogen and oxygen atoms in total. The number of carbonyl (C=O) groups is 1. The number of methoxy groups -OCH3 is 1. The van der Waals surface area contributed by atoms with Crippen molar-refractivity contribution >= 4 is 15.9 Å². The van der Waals surface area contributed by atoms with Crippen LogP contribution < -0.4 is 5.32 Å². The van der Waals surface area contributed by atoms with Crippen molar-refractivity contribution in [3.63, 3.8) is 0 Å². The van der Waals surface area contributed by atoms with Crippen LogP contribution in [0.15, 0.2) is 9.42 Å². The van der Waals surface area contributed by atoms with Crippen molar-refractivity contribution < 1.29 is 22.5 Å². The highest BCUT2D eigenvalue weighted by molar-refractivity contribution is 7.89. The quantitative estimate of drug-likeness (QED) is 0.678. The number of carbonyl (C=O) groups excluding carboxylic acids is 1. The zero-order valence-electron chi connectivity index (χ0n) is 15.9. The van der Waals surface area contributed by atoms with Crippen LogP contribution in [0.3, 0.4) is 0 Å². The van der Waals surface area contributed by atoms with Crippen molar-refractivity contribution in [3.05, 3.63) is 11.5 Å². The second-order valence-corrected chi connectivity index (χ2v) is 8.70. The summed E-state index contributed by atoms with van der Waals surface area (Å²) in [6.07, 6.45) is 2.10. The van der Waals surface area contributed by atoms with Gasteiger partial charge in [0.15, 0.2) is 5.76 Å². The Morgan fingerprint density at radius 1 is 1.38 bits per heavy atom. The molecule has 2 heterocycles. The summed E-state index contributed by atoms with van der Waals surface area (Å²) in [5, 5.41) is 6.66. The molecule has 0 spiro atoms. The zero-order chi connectivity index (χ0) is 19.3. The SMILES string of the molecule is COCCCNC(=O)[C@H](C)C1CCN(S(=O)(=O)c2c(C)noc2C)CC1. The van der Waals surface area contributed by atoms with Gasteiger partial charge in [0, 0.05) is 39.3 Å². The lowest BCUT2D eigenvalue weighted by atomic mass is 9.85. The summed E-state index contributed by atoms with van der Waals surface area (Å²) in [7, 11) is -1.97. The fraction of sp³-hybridized carbons (Fsp3) is 0.765. The Morgan fingerprint density at radius 2 is 2.04 bits per heavy atom. The molecule has 0 aliphatic carbocycles. The third-order valence-corrected chi connectivity index (χ3v) is 7.15. The topological polar surface area (TPSA) is 102 Å². The molecule has 1 aliphatic heterocycles. The van der Waals surface area contributed by atoms with Gasteiger partial charge in [0.05, 0.1) is 0 Å². The Morgan fingerprint density at radius 3 is 2.58 bits per heavy atom. The molecule has 1 aliphatic rings. The Labute approximate surface area is 155 Å². The second-order valence-electron chi connectivity index (χ2n) is 6.82. The molecule has 1 amide bonds. The molecule has 0 aromatic carbocycles. The summed E-state index contributed by atoms with van der Waals surface area (Å²) >= 11 is 0. The maximum atomic E-state index is 12.8. The highest BCUT2D eigenvalue weighted by atomic mass is 32.2. The maximum absolute atomic E-state index is 12.8. The van der Waals surface area contributed by atoms with E-state index >= 15 is 0 Å². The van der Waals surface area contributed by atoms with Crippen LogP contribution in [0.1, 0.15) is 37.6 Å². The summed E-state index contributed by atoms with van der Waals surface area (Å²) in [6.45, 7) is 7.16. The highest BCUT2D eigenvalue weighted by Crippen LogP contribution is 2.30. The lowest BCUT2D eigenvalue weighted by molar-refractivity contribution is -0.126. The Hall–Kier alpha value is -1.45. The van der Waals surface area contributed by atoms with Crippen LogP contribution in [0, 0.1) is 25.7 Å². The minimum absolute atomic E-state index is 0.0214. The smallest absolute Gasteiger partial charge is 0.248 e. The molecule has 0 unspecified atom stereocenters. The van der Waals surface area contributed by atoms with Gasteiger partial charge in [-0.25, -0.2) is 8.42 Å². The third-order valence-electron chi connectivity index (χ3n) is 5.01. The average molecular weight is 388 g/mol. The van der Waals surface area contributed by atoms with Crippen molar-refractivity contribution in [2.24, 2.45) is 11.8 Å². The van der Waals surface area contributed by atoms with Gasteiger partial charge < -0.3 is 14.6 Å². The van der Waals surface area contributed by atoms with Gasteiger partial charge in [0.25, 0.3) is 0 Å². The molecule has 0 saturated carbocycles. The molecule has 148 valence electrons. The summed E-state index contributed by atoms with van der Waals surface area (Å²) in [4.78, 5) is 12.4. The Bertz CT molecular complexity index is 688. The van der Waals surface area contributed by atoms with E-state index in [-0.39, 0.29) is 22.6 Å². The number of hydrogen-bond acceptors (Lipinski definition) is 6. The second kappa shape index (κ2) is 8.96. The van der Waals surface area contributed by atoms with Crippen molar-refractivity contribution in [1.82, 2.24) is 14.8 Å². The van der Waals surface area contributed by atoms with E-state index in [9.17, 15) is 13.2 Å². The maximum Gasteiger partial charge on any atom is 0.248 e. The average Bonchev–Trinajstić information content (AvgIpc) is 2.97. The number of aryl methyl sites for hydroxylation is 2. The molecule has 1 aromatic heterocycles. The van der Waals surface area contributed by atoms with Gasteiger partial charge in [-0.2, -0.15) is 4.31 Å². The van der Waals surface area contributed by atoms with E-state index in [0.717, 1.165) is 6.42 Å². The fourth-order valence-corrected chi connectivity index (χ4v) is 5.15. The highest BCUT2D eigenvalue weighted by Gasteiger charge is 2.36. The van der Waals surface area contributed by atoms with Crippen molar-refractivity contribution in [1.29, 1.82) is 0 Å². The van der Waals surface area contributed by atoms with Gasteiger partial charge in [-0.15, -0.1) is 0 Å². The van der Waals surface area contributed by atoms with Crippen LogP contribution in [0.4, 0.5) is 0 Å². The van der Waals surface area contributed by atoms with Crippen LogP contribution in [-0.2, 0) is 19.6 Å². The first-order valence-electron chi connectivity index (χ1n) is 8.98. The summed E-state index contributed by atoms with van der Waals surface area (Å²) in [5.41, 5.74) is 0.383. The van der Waals surface area contributed by atoms with Crippen molar-refractivity contribution in [3.8, 4) is 0 Å². The number of ether oxygens (including phenoxy) is 1. The number of aromatic nitrogens is 1. The van der Waals surface area contributed by atoms with E-state index in [1.807, 2.05) is 6.92 Å². The summed E-state index contributed by atoms with van der Waals surface area (Å²) < 4.78 is 37.1. The molecular formula is C17H29N3O5S. The molecular weight excluding hydrogens is 358 g/mol. The molecule has 1 saturated heterocycles. The first kappa shape index (κ1) is 20.9. The number of hydrogen-bond donors (Lipinski definition) is 1. The number of nitrogens with zero attached hydrogens (tertiary/aromatic N) is 2. The fourth-order valence-electron chi connectivity index (χ4n) is 3.39. The molecule has 0 radical (unpaired) electrons. The zero-order valence-corrected chi connectivity index (χ0v) is 16.8. The molecule has 0 bridgehead atoms. The van der Waals surface area contributed by atoms with E-state index < -0.39 is 10.0 Å². The number of piperidine rings is 1. The number of sulfonamides is 1. The van der Waals surface area contributed by atoms with Crippen LogP contribution >= 0.6 is 0 Å². The summed E-state index contributed by atoms with van der Waals surface area (Å²) in [5.74, 6) is 0.372. The molecule has 1 atom stereocenters. The monoisotopic (exact) mass is 387 g/mol. The van der Waals surface area contributed by atoms with E-state index in [2.05, 4.69) is 10.5 Å². The van der Waals surface area contributed by atoms with Crippen LogP contribution in [0.25, 0.3) is 0 Å². The normalized spacial score (nSPS) is 18.0. The number of amides is 1. The largest absolute Gasteiger partial charge is 0.385 e.